The van der Waals surface area contributed by atoms with Crippen LogP contribution in [0.2, 0.25) is 0 Å². The minimum absolute atomic E-state index is 0.0498. The van der Waals surface area contributed by atoms with Crippen LogP contribution in [0.25, 0.3) is 0 Å². The highest BCUT2D eigenvalue weighted by atomic mass is 79.9. The van der Waals surface area contributed by atoms with E-state index in [0.29, 0.717) is 6.54 Å². The molecule has 1 aromatic heterocycles. The molecule has 116 valence electrons. The van der Waals surface area contributed by atoms with Crippen LogP contribution in [0.4, 0.5) is 0 Å². The monoisotopic (exact) mass is 443 g/mol. The van der Waals surface area contributed by atoms with Gasteiger partial charge in [-0.15, -0.1) is 11.3 Å². The summed E-state index contributed by atoms with van der Waals surface area (Å²) in [6, 6.07) is 12.2. The summed E-state index contributed by atoms with van der Waals surface area (Å²) in [4.78, 5) is 15.0. The van der Waals surface area contributed by atoms with E-state index in [9.17, 15) is 9.90 Å². The first kappa shape index (κ1) is 16.2. The summed E-state index contributed by atoms with van der Waals surface area (Å²) in [6.07, 6.45) is 0. The van der Waals surface area contributed by atoms with Crippen molar-refractivity contribution in [3.8, 4) is 0 Å². The largest absolute Gasteiger partial charge is 0.481 e. The number of likely N-dealkylation sites (tertiary alicyclic amines) is 1. The van der Waals surface area contributed by atoms with Crippen LogP contribution in [0.1, 0.15) is 16.4 Å². The minimum Gasteiger partial charge on any atom is -0.481 e. The number of rotatable bonds is 4. The molecule has 0 radical (unpaired) electrons. The first-order chi connectivity index (χ1) is 10.5. The van der Waals surface area contributed by atoms with Crippen molar-refractivity contribution in [3.05, 3.63) is 55.1 Å². The van der Waals surface area contributed by atoms with E-state index in [4.69, 9.17) is 0 Å². The molecule has 1 fully saturated rings. The van der Waals surface area contributed by atoms with E-state index >= 15 is 0 Å². The lowest BCUT2D eigenvalue weighted by molar-refractivity contribution is -0.141. The highest BCUT2D eigenvalue weighted by Gasteiger charge is 2.39. The van der Waals surface area contributed by atoms with E-state index in [0.717, 1.165) is 26.2 Å². The van der Waals surface area contributed by atoms with Gasteiger partial charge < -0.3 is 5.11 Å². The van der Waals surface area contributed by atoms with Crippen molar-refractivity contribution in [3.63, 3.8) is 0 Å². The molecule has 0 amide bonds. The van der Waals surface area contributed by atoms with Crippen LogP contribution in [0.3, 0.4) is 0 Å². The van der Waals surface area contributed by atoms with Crippen LogP contribution in [0.15, 0.2) is 44.7 Å². The summed E-state index contributed by atoms with van der Waals surface area (Å²) >= 11 is 8.61. The van der Waals surface area contributed by atoms with Crippen molar-refractivity contribution in [1.82, 2.24) is 4.90 Å². The second-order valence-corrected chi connectivity index (χ2v) is 8.76. The Kier molecular flexibility index (Phi) is 5.02. The molecule has 1 N–H and O–H groups in total. The molecule has 3 nitrogen and oxygen atoms in total. The Morgan fingerprint density at radius 1 is 1.27 bits per heavy atom. The molecule has 0 aliphatic carbocycles. The maximum absolute atomic E-state index is 11.6. The fourth-order valence-corrected chi connectivity index (χ4v) is 5.19. The number of hydrogen-bond donors (Lipinski definition) is 1. The molecule has 6 heteroatoms. The normalized spacial score (nSPS) is 22.1. The maximum Gasteiger partial charge on any atom is 0.308 e. The smallest absolute Gasteiger partial charge is 0.308 e. The molecule has 1 aliphatic rings. The predicted octanol–water partition coefficient (Wildman–Crippen LogP) is 4.57. The van der Waals surface area contributed by atoms with E-state index in [1.54, 1.807) is 11.3 Å². The number of carbonyl (C=O) groups is 1. The van der Waals surface area contributed by atoms with Gasteiger partial charge in [0.05, 0.1) is 9.70 Å². The van der Waals surface area contributed by atoms with Gasteiger partial charge in [0.2, 0.25) is 0 Å². The number of carboxylic acids is 1. The molecule has 1 aromatic carbocycles. The summed E-state index contributed by atoms with van der Waals surface area (Å²) in [7, 11) is 0. The van der Waals surface area contributed by atoms with E-state index in [1.807, 2.05) is 24.3 Å². The van der Waals surface area contributed by atoms with Gasteiger partial charge in [-0.25, -0.2) is 0 Å². The summed E-state index contributed by atoms with van der Waals surface area (Å²) in [5, 5.41) is 9.56. The summed E-state index contributed by atoms with van der Waals surface area (Å²) in [6.45, 7) is 2.18. The zero-order valence-corrected chi connectivity index (χ0v) is 15.7. The van der Waals surface area contributed by atoms with Gasteiger partial charge in [0.1, 0.15) is 0 Å². The van der Waals surface area contributed by atoms with Crippen molar-refractivity contribution in [2.45, 2.75) is 12.5 Å². The Bertz CT molecular complexity index is 655. The Morgan fingerprint density at radius 3 is 2.59 bits per heavy atom. The average Bonchev–Trinajstić information content (AvgIpc) is 3.05. The molecule has 0 saturated carbocycles. The van der Waals surface area contributed by atoms with Crippen molar-refractivity contribution in [2.24, 2.45) is 5.92 Å². The van der Waals surface area contributed by atoms with Crippen molar-refractivity contribution < 1.29 is 9.90 Å². The molecule has 2 heterocycles. The Morgan fingerprint density at radius 2 is 2.00 bits per heavy atom. The molecule has 2 atom stereocenters. The number of carboxylic acid groups (broad SMARTS) is 1. The lowest BCUT2D eigenvalue weighted by Gasteiger charge is -2.15. The van der Waals surface area contributed by atoms with Crippen LogP contribution in [-0.4, -0.2) is 29.1 Å². The number of halogens is 2. The second kappa shape index (κ2) is 6.83. The van der Waals surface area contributed by atoms with Gasteiger partial charge in [-0.1, -0.05) is 30.3 Å². The van der Waals surface area contributed by atoms with Gasteiger partial charge in [0.15, 0.2) is 0 Å². The summed E-state index contributed by atoms with van der Waals surface area (Å²) in [5.74, 6) is -1.00. The molecular formula is C16H15Br2NO2S. The molecule has 22 heavy (non-hydrogen) atoms. The van der Waals surface area contributed by atoms with E-state index in [1.165, 1.54) is 5.56 Å². The third kappa shape index (κ3) is 3.45. The molecular weight excluding hydrogens is 430 g/mol. The highest BCUT2D eigenvalue weighted by molar-refractivity contribution is 9.13. The van der Waals surface area contributed by atoms with Crippen LogP contribution in [0, 0.1) is 5.92 Å². The third-order valence-corrected chi connectivity index (χ3v) is 7.38. The molecule has 3 rings (SSSR count). The lowest BCUT2D eigenvalue weighted by atomic mass is 9.95. The first-order valence-corrected chi connectivity index (χ1v) is 9.38. The zero-order valence-electron chi connectivity index (χ0n) is 11.7. The van der Waals surface area contributed by atoms with Gasteiger partial charge in [0.25, 0.3) is 0 Å². The van der Waals surface area contributed by atoms with E-state index in [-0.39, 0.29) is 11.8 Å². The fraction of sp³-hybridized carbons (Fsp3) is 0.312. The van der Waals surface area contributed by atoms with Crippen LogP contribution in [0.5, 0.6) is 0 Å². The van der Waals surface area contributed by atoms with Crippen LogP contribution < -0.4 is 0 Å². The van der Waals surface area contributed by atoms with Crippen molar-refractivity contribution in [2.75, 3.05) is 13.1 Å². The first-order valence-electron chi connectivity index (χ1n) is 6.98. The summed E-state index contributed by atoms with van der Waals surface area (Å²) < 4.78 is 2.02. The van der Waals surface area contributed by atoms with Crippen LogP contribution in [-0.2, 0) is 11.3 Å². The van der Waals surface area contributed by atoms with Crippen LogP contribution >= 0.6 is 43.2 Å². The molecule has 0 bridgehead atoms. The second-order valence-electron chi connectivity index (χ2n) is 5.50. The van der Waals surface area contributed by atoms with Gasteiger partial charge in [-0.2, -0.15) is 0 Å². The third-order valence-electron chi connectivity index (χ3n) is 3.99. The Labute approximate surface area is 150 Å². The molecule has 1 aliphatic heterocycles. The maximum atomic E-state index is 11.6. The Balaban J connectivity index is 1.79. The zero-order chi connectivity index (χ0) is 15.7. The lowest BCUT2D eigenvalue weighted by Crippen LogP contribution is -2.23. The highest BCUT2D eigenvalue weighted by Crippen LogP contribution is 2.42. The van der Waals surface area contributed by atoms with Gasteiger partial charge in [-0.05, 0) is 43.5 Å². The minimum atomic E-state index is -0.707. The number of hydrogen-bond acceptors (Lipinski definition) is 3. The quantitative estimate of drug-likeness (QED) is 0.750. The van der Waals surface area contributed by atoms with Gasteiger partial charge >= 0.3 is 5.97 Å². The molecule has 2 aromatic rings. The topological polar surface area (TPSA) is 40.5 Å². The average molecular weight is 445 g/mol. The van der Waals surface area contributed by atoms with E-state index < -0.39 is 5.97 Å². The van der Waals surface area contributed by atoms with Crippen molar-refractivity contribution in [1.29, 1.82) is 0 Å². The number of aliphatic carboxylic acids is 1. The fourth-order valence-electron chi connectivity index (χ4n) is 2.94. The van der Waals surface area contributed by atoms with E-state index in [2.05, 4.69) is 48.9 Å². The van der Waals surface area contributed by atoms with Crippen molar-refractivity contribution >= 4 is 49.2 Å². The van der Waals surface area contributed by atoms with Gasteiger partial charge in [0, 0.05) is 34.9 Å². The standard InChI is InChI=1S/C16H15Br2NO2S/c17-13-6-14(22-15(13)18)11-8-19(9-12(11)16(20)21)7-10-4-2-1-3-5-10/h1-6,11-12H,7-9H2,(H,20,21). The SMILES string of the molecule is O=C(O)C1CN(Cc2ccccc2)CC1c1cc(Br)c(Br)s1. The summed E-state index contributed by atoms with van der Waals surface area (Å²) in [5.41, 5.74) is 1.22. The number of nitrogens with zero attached hydrogens (tertiary/aromatic N) is 1. The number of thiophene rings is 1. The van der Waals surface area contributed by atoms with Gasteiger partial charge in [-0.3, -0.25) is 9.69 Å². The predicted molar refractivity (Wildman–Crippen MR) is 95.3 cm³/mol. The Hall–Kier alpha value is -0.690. The number of benzene rings is 1. The molecule has 1 saturated heterocycles. The molecule has 0 spiro atoms. The molecule has 2 unspecified atom stereocenters.